The van der Waals surface area contributed by atoms with Crippen LogP contribution in [0.25, 0.3) is 5.69 Å². The molecule has 150 valence electrons. The molecule has 1 fully saturated rings. The topological polar surface area (TPSA) is 56.1 Å². The molecule has 1 saturated heterocycles. The van der Waals surface area contributed by atoms with E-state index in [9.17, 15) is 9.18 Å². The van der Waals surface area contributed by atoms with Crippen LogP contribution in [0.4, 0.5) is 4.39 Å². The highest BCUT2D eigenvalue weighted by Gasteiger charge is 2.35. The Bertz CT molecular complexity index is 997. The van der Waals surface area contributed by atoms with Gasteiger partial charge in [0.15, 0.2) is 0 Å². The number of nitrogens with zero attached hydrogens (tertiary/aromatic N) is 2. The van der Waals surface area contributed by atoms with Crippen LogP contribution < -0.4 is 5.32 Å². The number of hydrogen-bond donors (Lipinski definition) is 1. The van der Waals surface area contributed by atoms with E-state index >= 15 is 0 Å². The van der Waals surface area contributed by atoms with Crippen molar-refractivity contribution >= 4 is 17.5 Å². The maximum absolute atomic E-state index is 13.8. The highest BCUT2D eigenvalue weighted by atomic mass is 35.5. The summed E-state index contributed by atoms with van der Waals surface area (Å²) in [5.74, 6) is -0.489. The Balaban J connectivity index is 1.49. The van der Waals surface area contributed by atoms with Crippen molar-refractivity contribution < 1.29 is 13.9 Å². The van der Waals surface area contributed by atoms with E-state index in [1.165, 1.54) is 12.3 Å². The van der Waals surface area contributed by atoms with Crippen molar-refractivity contribution in [2.45, 2.75) is 18.3 Å². The SMILES string of the molecule is O=C(NCC1(c2cccc(F)c2)CCOCC1)c1cnn(-c2ccc(Cl)cc2)c1. The van der Waals surface area contributed by atoms with Crippen molar-refractivity contribution in [1.82, 2.24) is 15.1 Å². The highest BCUT2D eigenvalue weighted by Crippen LogP contribution is 2.34. The molecule has 2 heterocycles. The largest absolute Gasteiger partial charge is 0.381 e. The number of amides is 1. The molecule has 0 aliphatic carbocycles. The Morgan fingerprint density at radius 2 is 1.97 bits per heavy atom. The van der Waals surface area contributed by atoms with E-state index < -0.39 is 0 Å². The van der Waals surface area contributed by atoms with Crippen LogP contribution >= 0.6 is 11.6 Å². The number of nitrogens with one attached hydrogen (secondary N) is 1. The van der Waals surface area contributed by atoms with Gasteiger partial charge in [-0.1, -0.05) is 23.7 Å². The zero-order chi connectivity index (χ0) is 20.3. The minimum atomic E-state index is -0.345. The second-order valence-electron chi connectivity index (χ2n) is 7.24. The van der Waals surface area contributed by atoms with Gasteiger partial charge in [-0.3, -0.25) is 4.79 Å². The quantitative estimate of drug-likeness (QED) is 0.683. The number of carbonyl (C=O) groups is 1. The molecule has 1 amide bonds. The third kappa shape index (κ3) is 4.33. The molecule has 29 heavy (non-hydrogen) atoms. The number of hydrogen-bond acceptors (Lipinski definition) is 3. The number of ether oxygens (including phenoxy) is 1. The van der Waals surface area contributed by atoms with Crippen LogP contribution in [0.3, 0.4) is 0 Å². The van der Waals surface area contributed by atoms with Crippen molar-refractivity contribution in [2.75, 3.05) is 19.8 Å². The van der Waals surface area contributed by atoms with Gasteiger partial charge in [0, 0.05) is 36.4 Å². The van der Waals surface area contributed by atoms with E-state index in [-0.39, 0.29) is 17.1 Å². The van der Waals surface area contributed by atoms with E-state index in [2.05, 4.69) is 10.4 Å². The lowest BCUT2D eigenvalue weighted by Crippen LogP contribution is -2.44. The summed E-state index contributed by atoms with van der Waals surface area (Å²) in [4.78, 5) is 12.7. The molecule has 3 aromatic rings. The van der Waals surface area contributed by atoms with Gasteiger partial charge in [0.25, 0.3) is 5.91 Å². The molecule has 0 unspecified atom stereocenters. The van der Waals surface area contributed by atoms with Crippen molar-refractivity contribution in [3.05, 3.63) is 82.9 Å². The first kappa shape index (κ1) is 19.6. The predicted molar refractivity (Wildman–Crippen MR) is 109 cm³/mol. The second kappa shape index (κ2) is 8.35. The smallest absolute Gasteiger partial charge is 0.254 e. The Labute approximate surface area is 173 Å². The van der Waals surface area contributed by atoms with E-state index in [0.29, 0.717) is 30.3 Å². The monoisotopic (exact) mass is 413 g/mol. The zero-order valence-electron chi connectivity index (χ0n) is 15.8. The van der Waals surface area contributed by atoms with E-state index in [0.717, 1.165) is 24.1 Å². The molecule has 0 spiro atoms. The van der Waals surface area contributed by atoms with Gasteiger partial charge in [-0.15, -0.1) is 0 Å². The first-order valence-electron chi connectivity index (χ1n) is 9.48. The molecule has 1 aromatic heterocycles. The minimum absolute atomic E-state index is 0.215. The fraction of sp³-hybridized carbons (Fsp3) is 0.273. The van der Waals surface area contributed by atoms with Gasteiger partial charge in [-0.25, -0.2) is 9.07 Å². The molecule has 1 aliphatic heterocycles. The van der Waals surface area contributed by atoms with Gasteiger partial charge in [-0.05, 0) is 54.8 Å². The van der Waals surface area contributed by atoms with Crippen LogP contribution in [-0.4, -0.2) is 35.4 Å². The van der Waals surface area contributed by atoms with Gasteiger partial charge < -0.3 is 10.1 Å². The van der Waals surface area contributed by atoms with Crippen molar-refractivity contribution in [3.8, 4) is 5.69 Å². The molecule has 5 nitrogen and oxygen atoms in total. The minimum Gasteiger partial charge on any atom is -0.381 e. The summed E-state index contributed by atoms with van der Waals surface area (Å²) in [5.41, 5.74) is 1.82. The Morgan fingerprint density at radius 1 is 1.21 bits per heavy atom. The average molecular weight is 414 g/mol. The van der Waals surface area contributed by atoms with Crippen LogP contribution in [0.2, 0.25) is 5.02 Å². The van der Waals surface area contributed by atoms with Crippen molar-refractivity contribution in [3.63, 3.8) is 0 Å². The van der Waals surface area contributed by atoms with Crippen LogP contribution in [0.15, 0.2) is 60.9 Å². The summed E-state index contributed by atoms with van der Waals surface area (Å²) < 4.78 is 20.9. The van der Waals surface area contributed by atoms with E-state index in [1.54, 1.807) is 35.1 Å². The third-order valence-corrected chi connectivity index (χ3v) is 5.66. The van der Waals surface area contributed by atoms with E-state index in [1.807, 2.05) is 18.2 Å². The number of halogens is 2. The molecule has 1 aliphatic rings. The maximum atomic E-state index is 13.8. The molecule has 1 N–H and O–H groups in total. The average Bonchev–Trinajstić information content (AvgIpc) is 3.24. The number of rotatable bonds is 5. The lowest BCUT2D eigenvalue weighted by Gasteiger charge is -2.38. The zero-order valence-corrected chi connectivity index (χ0v) is 16.5. The third-order valence-electron chi connectivity index (χ3n) is 5.41. The normalized spacial score (nSPS) is 15.8. The summed E-state index contributed by atoms with van der Waals surface area (Å²) in [6.07, 6.45) is 4.65. The van der Waals surface area contributed by atoms with Crippen LogP contribution in [0, 0.1) is 5.82 Å². The molecular weight excluding hydrogens is 393 g/mol. The summed E-state index contributed by atoms with van der Waals surface area (Å²) in [5, 5.41) is 7.91. The standard InChI is InChI=1S/C22H21ClFN3O2/c23-18-4-6-20(7-5-18)27-14-16(13-26-27)21(28)25-15-22(8-10-29-11-9-22)17-2-1-3-19(24)12-17/h1-7,12-14H,8-11,15H2,(H,25,28). The molecule has 2 aromatic carbocycles. The number of carbonyl (C=O) groups excluding carboxylic acids is 1. The fourth-order valence-corrected chi connectivity index (χ4v) is 3.80. The molecule has 0 bridgehead atoms. The molecule has 0 atom stereocenters. The Morgan fingerprint density at radius 3 is 2.69 bits per heavy atom. The van der Waals surface area contributed by atoms with Crippen molar-refractivity contribution in [2.24, 2.45) is 0 Å². The Hall–Kier alpha value is -2.70. The van der Waals surface area contributed by atoms with Crippen LogP contribution in [0.5, 0.6) is 0 Å². The number of aromatic nitrogens is 2. The first-order chi connectivity index (χ1) is 14.1. The molecule has 4 rings (SSSR count). The summed E-state index contributed by atoms with van der Waals surface area (Å²) in [6, 6.07) is 13.8. The predicted octanol–water partition coefficient (Wildman–Crippen LogP) is 4.14. The molecule has 0 radical (unpaired) electrons. The van der Waals surface area contributed by atoms with E-state index in [4.69, 9.17) is 16.3 Å². The lowest BCUT2D eigenvalue weighted by molar-refractivity contribution is 0.0486. The summed E-state index contributed by atoms with van der Waals surface area (Å²) in [7, 11) is 0. The van der Waals surface area contributed by atoms with Crippen molar-refractivity contribution in [1.29, 1.82) is 0 Å². The highest BCUT2D eigenvalue weighted by molar-refractivity contribution is 6.30. The second-order valence-corrected chi connectivity index (χ2v) is 7.67. The molecule has 7 heteroatoms. The fourth-order valence-electron chi connectivity index (χ4n) is 3.67. The van der Waals surface area contributed by atoms with Gasteiger partial charge in [0.1, 0.15) is 5.82 Å². The van der Waals surface area contributed by atoms with Gasteiger partial charge >= 0.3 is 0 Å². The summed E-state index contributed by atoms with van der Waals surface area (Å²) in [6.45, 7) is 1.58. The first-order valence-corrected chi connectivity index (χ1v) is 9.86. The van der Waals surface area contributed by atoms with Crippen LogP contribution in [-0.2, 0) is 10.2 Å². The van der Waals surface area contributed by atoms with Crippen LogP contribution in [0.1, 0.15) is 28.8 Å². The number of benzene rings is 2. The van der Waals surface area contributed by atoms with Gasteiger partial charge in [0.2, 0.25) is 0 Å². The molecule has 0 saturated carbocycles. The maximum Gasteiger partial charge on any atom is 0.254 e. The van der Waals surface area contributed by atoms with Gasteiger partial charge in [0.05, 0.1) is 17.4 Å². The molecular formula is C22H21ClFN3O2. The van der Waals surface area contributed by atoms with Gasteiger partial charge in [-0.2, -0.15) is 5.10 Å². The summed E-state index contributed by atoms with van der Waals surface area (Å²) >= 11 is 5.92. The Kier molecular flexibility index (Phi) is 5.65. The lowest BCUT2D eigenvalue weighted by atomic mass is 9.74.